The Kier molecular flexibility index (Phi) is 2.56. The number of fused-ring (bicyclic) bond motifs is 2. The summed E-state index contributed by atoms with van der Waals surface area (Å²) in [6.07, 6.45) is 1.01. The number of rotatable bonds is 1. The highest BCUT2D eigenvalue weighted by molar-refractivity contribution is 6.07. The van der Waals surface area contributed by atoms with Gasteiger partial charge in [0.05, 0.1) is 11.7 Å². The van der Waals surface area contributed by atoms with E-state index in [1.54, 1.807) is 7.11 Å². The van der Waals surface area contributed by atoms with E-state index < -0.39 is 0 Å². The summed E-state index contributed by atoms with van der Waals surface area (Å²) >= 11 is 0. The fraction of sp³-hybridized carbons (Fsp3) is 0.267. The fourth-order valence-corrected chi connectivity index (χ4v) is 2.68. The van der Waals surface area contributed by atoms with Crippen LogP contribution >= 0.6 is 0 Å². The van der Waals surface area contributed by atoms with Crippen LogP contribution in [0.1, 0.15) is 34.9 Å². The van der Waals surface area contributed by atoms with Gasteiger partial charge in [-0.15, -0.1) is 0 Å². The Labute approximate surface area is 105 Å². The number of phenols is 1. The van der Waals surface area contributed by atoms with Gasteiger partial charge in [-0.1, -0.05) is 24.3 Å². The van der Waals surface area contributed by atoms with Crippen molar-refractivity contribution in [3.63, 3.8) is 0 Å². The second-order valence-electron chi connectivity index (χ2n) is 4.60. The average Bonchev–Trinajstić information content (AvgIpc) is 2.39. The number of carbonyl (C=O) groups is 1. The third kappa shape index (κ3) is 1.51. The maximum atomic E-state index is 12.0. The standard InChI is InChI=1S/C15H14O3/c1-18-13-7-6-12(16)14-11(13)8-9-4-2-3-5-10(9)15(14)17/h2-5,8,13,17H,6-7H2,1H3. The molecule has 1 N–H and O–H groups in total. The lowest BCUT2D eigenvalue weighted by Crippen LogP contribution is -2.17. The lowest BCUT2D eigenvalue weighted by Gasteiger charge is -2.25. The van der Waals surface area contributed by atoms with Crippen LogP contribution in [0.3, 0.4) is 0 Å². The van der Waals surface area contributed by atoms with Crippen molar-refractivity contribution < 1.29 is 14.6 Å². The van der Waals surface area contributed by atoms with Crippen LogP contribution in [0.25, 0.3) is 10.8 Å². The van der Waals surface area contributed by atoms with E-state index in [1.165, 1.54) is 0 Å². The smallest absolute Gasteiger partial charge is 0.167 e. The highest BCUT2D eigenvalue weighted by Gasteiger charge is 2.29. The van der Waals surface area contributed by atoms with Crippen LogP contribution in [0.15, 0.2) is 30.3 Å². The van der Waals surface area contributed by atoms with Crippen LogP contribution in [0.2, 0.25) is 0 Å². The lowest BCUT2D eigenvalue weighted by atomic mass is 9.85. The van der Waals surface area contributed by atoms with Crippen molar-refractivity contribution in [3.8, 4) is 5.75 Å². The van der Waals surface area contributed by atoms with E-state index in [-0.39, 0.29) is 17.6 Å². The molecule has 0 aliphatic heterocycles. The van der Waals surface area contributed by atoms with Gasteiger partial charge in [0, 0.05) is 18.9 Å². The first-order valence-corrected chi connectivity index (χ1v) is 6.03. The number of Topliss-reactive ketones (excluding diaryl/α,β-unsaturated/α-hetero) is 1. The molecule has 18 heavy (non-hydrogen) atoms. The SMILES string of the molecule is COC1CCC(=O)c2c1cc1ccccc1c2O. The van der Waals surface area contributed by atoms with Crippen molar-refractivity contribution >= 4 is 16.6 Å². The van der Waals surface area contributed by atoms with Crippen LogP contribution in [0.5, 0.6) is 5.75 Å². The monoisotopic (exact) mass is 242 g/mol. The normalized spacial score (nSPS) is 18.9. The van der Waals surface area contributed by atoms with Gasteiger partial charge in [-0.25, -0.2) is 0 Å². The van der Waals surface area contributed by atoms with Gasteiger partial charge in [0.25, 0.3) is 0 Å². The predicted octanol–water partition coefficient (Wildman–Crippen LogP) is 3.21. The number of phenolic OH excluding ortho intramolecular Hbond substituents is 1. The molecule has 0 bridgehead atoms. The first-order chi connectivity index (χ1) is 8.72. The fourth-order valence-electron chi connectivity index (χ4n) is 2.68. The summed E-state index contributed by atoms with van der Waals surface area (Å²) in [5, 5.41) is 12.0. The second-order valence-corrected chi connectivity index (χ2v) is 4.60. The van der Waals surface area contributed by atoms with Crippen molar-refractivity contribution in [2.24, 2.45) is 0 Å². The Bertz CT molecular complexity index is 631. The van der Waals surface area contributed by atoms with Crippen molar-refractivity contribution in [2.45, 2.75) is 18.9 Å². The summed E-state index contributed by atoms with van der Waals surface area (Å²) in [7, 11) is 1.64. The van der Waals surface area contributed by atoms with Gasteiger partial charge >= 0.3 is 0 Å². The minimum absolute atomic E-state index is 0.00144. The second kappa shape index (κ2) is 4.10. The Morgan fingerprint density at radius 3 is 2.89 bits per heavy atom. The van der Waals surface area contributed by atoms with Crippen molar-refractivity contribution in [3.05, 3.63) is 41.5 Å². The predicted molar refractivity (Wildman–Crippen MR) is 68.9 cm³/mol. The zero-order chi connectivity index (χ0) is 12.7. The molecule has 0 spiro atoms. The summed E-state index contributed by atoms with van der Waals surface area (Å²) < 4.78 is 5.41. The summed E-state index contributed by atoms with van der Waals surface area (Å²) in [6.45, 7) is 0. The van der Waals surface area contributed by atoms with Crippen LogP contribution in [-0.2, 0) is 4.74 Å². The molecule has 0 amide bonds. The lowest BCUT2D eigenvalue weighted by molar-refractivity contribution is 0.0734. The van der Waals surface area contributed by atoms with E-state index in [0.717, 1.165) is 16.3 Å². The Balaban J connectivity index is 2.36. The number of aromatic hydroxyl groups is 1. The molecule has 0 heterocycles. The molecule has 92 valence electrons. The van der Waals surface area contributed by atoms with Crippen molar-refractivity contribution in [1.29, 1.82) is 0 Å². The number of hydrogen-bond donors (Lipinski definition) is 1. The average molecular weight is 242 g/mol. The summed E-state index contributed by atoms with van der Waals surface area (Å²) in [5.41, 5.74) is 1.25. The number of carbonyl (C=O) groups excluding carboxylic acids is 1. The number of benzene rings is 2. The molecule has 0 fully saturated rings. The Morgan fingerprint density at radius 2 is 2.11 bits per heavy atom. The first kappa shape index (κ1) is 11.2. The molecule has 1 aliphatic rings. The minimum atomic E-state index is -0.104. The van der Waals surface area contributed by atoms with E-state index in [4.69, 9.17) is 4.74 Å². The third-order valence-corrected chi connectivity index (χ3v) is 3.60. The maximum Gasteiger partial charge on any atom is 0.167 e. The molecule has 2 aromatic carbocycles. The van der Waals surface area contributed by atoms with E-state index in [2.05, 4.69) is 0 Å². The van der Waals surface area contributed by atoms with Crippen molar-refractivity contribution in [2.75, 3.05) is 7.11 Å². The summed E-state index contributed by atoms with van der Waals surface area (Å²) in [4.78, 5) is 12.0. The highest BCUT2D eigenvalue weighted by atomic mass is 16.5. The molecular weight excluding hydrogens is 228 g/mol. The van der Waals surface area contributed by atoms with Crippen LogP contribution in [0, 0.1) is 0 Å². The molecule has 0 radical (unpaired) electrons. The van der Waals surface area contributed by atoms with Gasteiger partial charge in [0.15, 0.2) is 5.78 Å². The number of methoxy groups -OCH3 is 1. The molecule has 1 aliphatic carbocycles. The topological polar surface area (TPSA) is 46.5 Å². The van der Waals surface area contributed by atoms with Crippen LogP contribution < -0.4 is 0 Å². The quantitative estimate of drug-likeness (QED) is 0.835. The molecule has 1 unspecified atom stereocenters. The van der Waals surface area contributed by atoms with Gasteiger partial charge in [-0.2, -0.15) is 0 Å². The zero-order valence-corrected chi connectivity index (χ0v) is 10.1. The molecule has 1 atom stereocenters. The molecule has 2 aromatic rings. The number of hydrogen-bond acceptors (Lipinski definition) is 3. The molecule has 3 rings (SSSR count). The van der Waals surface area contributed by atoms with Crippen LogP contribution in [0.4, 0.5) is 0 Å². The maximum absolute atomic E-state index is 12.0. The van der Waals surface area contributed by atoms with Gasteiger partial charge in [0.1, 0.15) is 5.75 Å². The summed E-state index contributed by atoms with van der Waals surface area (Å²) in [5.74, 6) is 0.0939. The molecule has 0 saturated carbocycles. The highest BCUT2D eigenvalue weighted by Crippen LogP contribution is 2.40. The van der Waals surface area contributed by atoms with Gasteiger partial charge in [0.2, 0.25) is 0 Å². The third-order valence-electron chi connectivity index (χ3n) is 3.60. The van der Waals surface area contributed by atoms with E-state index in [9.17, 15) is 9.90 Å². The minimum Gasteiger partial charge on any atom is -0.507 e. The number of ketones is 1. The Hall–Kier alpha value is -1.87. The summed E-state index contributed by atoms with van der Waals surface area (Å²) in [6, 6.07) is 9.49. The molecule has 0 saturated heterocycles. The van der Waals surface area contributed by atoms with Gasteiger partial charge in [-0.05, 0) is 23.4 Å². The largest absolute Gasteiger partial charge is 0.507 e. The molecule has 3 heteroatoms. The van der Waals surface area contributed by atoms with E-state index >= 15 is 0 Å². The zero-order valence-electron chi connectivity index (χ0n) is 10.1. The number of ether oxygens (including phenoxy) is 1. The van der Waals surface area contributed by atoms with Crippen LogP contribution in [-0.4, -0.2) is 18.0 Å². The molecule has 0 aromatic heterocycles. The van der Waals surface area contributed by atoms with E-state index in [1.807, 2.05) is 30.3 Å². The van der Waals surface area contributed by atoms with Gasteiger partial charge in [-0.3, -0.25) is 4.79 Å². The van der Waals surface area contributed by atoms with Crippen molar-refractivity contribution in [1.82, 2.24) is 0 Å². The first-order valence-electron chi connectivity index (χ1n) is 6.03. The Morgan fingerprint density at radius 1 is 1.33 bits per heavy atom. The molecule has 3 nitrogen and oxygen atoms in total. The van der Waals surface area contributed by atoms with E-state index in [0.29, 0.717) is 18.4 Å². The van der Waals surface area contributed by atoms with Gasteiger partial charge < -0.3 is 9.84 Å². The molecular formula is C15H14O3.